The van der Waals surface area contributed by atoms with E-state index in [1.54, 1.807) is 48.5 Å². The third-order valence-electron chi connectivity index (χ3n) is 6.14. The molecule has 6 heteroatoms. The maximum atomic E-state index is 13.3. The van der Waals surface area contributed by atoms with E-state index in [2.05, 4.69) is 0 Å². The number of aliphatic hydroxyl groups excluding tert-OH is 1. The molecule has 1 N–H and O–H groups in total. The zero-order valence-electron chi connectivity index (χ0n) is 19.9. The number of aliphatic hydroxyl groups is 1. The minimum atomic E-state index is -0.899. The molecule has 3 aromatic carbocycles. The van der Waals surface area contributed by atoms with Crippen LogP contribution in [-0.4, -0.2) is 22.8 Å². The molecular weight excluding hydrogens is 442 g/mol. The summed E-state index contributed by atoms with van der Waals surface area (Å²) < 4.78 is 5.24. The lowest BCUT2D eigenvalue weighted by molar-refractivity contribution is -0.132. The predicted octanol–water partition coefficient (Wildman–Crippen LogP) is 5.36. The largest absolute Gasteiger partial charge is 0.507 e. The minimum absolute atomic E-state index is 0.0150. The number of ketones is 1. The van der Waals surface area contributed by atoms with Crippen LogP contribution in [0.25, 0.3) is 5.76 Å². The van der Waals surface area contributed by atoms with Gasteiger partial charge >= 0.3 is 5.97 Å². The monoisotopic (exact) mass is 469 g/mol. The Balaban J connectivity index is 1.90. The Hall–Kier alpha value is -4.19. The van der Waals surface area contributed by atoms with Gasteiger partial charge < -0.3 is 9.84 Å². The Morgan fingerprint density at radius 3 is 2.09 bits per heavy atom. The molecule has 4 rings (SSSR count). The van der Waals surface area contributed by atoms with Crippen molar-refractivity contribution in [1.29, 1.82) is 0 Å². The molecule has 0 aliphatic carbocycles. The van der Waals surface area contributed by atoms with E-state index in [4.69, 9.17) is 4.74 Å². The van der Waals surface area contributed by atoms with Gasteiger partial charge in [0, 0.05) is 18.2 Å². The highest BCUT2D eigenvalue weighted by atomic mass is 16.5. The second-order valence-electron chi connectivity index (χ2n) is 8.41. The SMILES string of the molecule is CCc1ccc(/C(O)=C2/C(=O)C(=O)N(c3ccc(CC)cc3)C2c2cccc(OC(C)=O)c2)cc1. The van der Waals surface area contributed by atoms with Crippen LogP contribution in [0.3, 0.4) is 0 Å². The fourth-order valence-corrected chi connectivity index (χ4v) is 4.27. The second-order valence-corrected chi connectivity index (χ2v) is 8.41. The molecule has 1 unspecified atom stereocenters. The van der Waals surface area contributed by atoms with Crippen LogP contribution in [0.5, 0.6) is 5.75 Å². The van der Waals surface area contributed by atoms with E-state index in [0.29, 0.717) is 16.8 Å². The number of benzene rings is 3. The molecule has 1 fully saturated rings. The van der Waals surface area contributed by atoms with Gasteiger partial charge in [-0.25, -0.2) is 0 Å². The number of Topliss-reactive ketones (excluding diaryl/α,β-unsaturated/α-hetero) is 1. The van der Waals surface area contributed by atoms with E-state index in [0.717, 1.165) is 24.0 Å². The molecule has 0 radical (unpaired) electrons. The van der Waals surface area contributed by atoms with Crippen LogP contribution in [0, 0.1) is 0 Å². The number of anilines is 1. The number of nitrogens with zero attached hydrogens (tertiary/aromatic N) is 1. The fraction of sp³-hybridized carbons (Fsp3) is 0.207. The molecule has 0 spiro atoms. The molecule has 1 aliphatic rings. The molecule has 1 atom stereocenters. The van der Waals surface area contributed by atoms with Crippen molar-refractivity contribution < 1.29 is 24.2 Å². The standard InChI is InChI=1S/C29H27NO5/c1-4-19-9-13-21(14-10-19)27(32)25-26(22-7-6-8-24(17-22)35-18(3)31)30(29(34)28(25)33)23-15-11-20(5-2)12-16-23/h6-17,26,32H,4-5H2,1-3H3/b27-25-. The summed E-state index contributed by atoms with van der Waals surface area (Å²) in [4.78, 5) is 39.5. The first-order valence-electron chi connectivity index (χ1n) is 11.6. The first kappa shape index (κ1) is 24.0. The number of aryl methyl sites for hydroxylation is 2. The van der Waals surface area contributed by atoms with E-state index < -0.39 is 23.7 Å². The molecule has 1 aliphatic heterocycles. The van der Waals surface area contributed by atoms with Crippen molar-refractivity contribution in [3.8, 4) is 5.75 Å². The van der Waals surface area contributed by atoms with E-state index in [1.165, 1.54) is 11.8 Å². The van der Waals surface area contributed by atoms with Gasteiger partial charge in [-0.05, 0) is 53.8 Å². The first-order valence-corrected chi connectivity index (χ1v) is 11.6. The lowest BCUT2D eigenvalue weighted by Crippen LogP contribution is -2.29. The summed E-state index contributed by atoms with van der Waals surface area (Å²) in [7, 11) is 0. The minimum Gasteiger partial charge on any atom is -0.507 e. The quantitative estimate of drug-likeness (QED) is 0.173. The highest BCUT2D eigenvalue weighted by Crippen LogP contribution is 2.43. The molecule has 0 saturated carbocycles. The van der Waals surface area contributed by atoms with Gasteiger partial charge in [0.15, 0.2) is 0 Å². The van der Waals surface area contributed by atoms with Crippen molar-refractivity contribution in [3.63, 3.8) is 0 Å². The van der Waals surface area contributed by atoms with Crippen molar-refractivity contribution in [3.05, 3.63) is 101 Å². The number of hydrogen-bond donors (Lipinski definition) is 1. The van der Waals surface area contributed by atoms with Gasteiger partial charge in [0.2, 0.25) is 0 Å². The van der Waals surface area contributed by atoms with Crippen molar-refractivity contribution >= 4 is 29.1 Å². The molecule has 0 bridgehead atoms. The maximum Gasteiger partial charge on any atom is 0.308 e. The van der Waals surface area contributed by atoms with Crippen molar-refractivity contribution in [2.45, 2.75) is 39.7 Å². The van der Waals surface area contributed by atoms with Crippen LogP contribution >= 0.6 is 0 Å². The lowest BCUT2D eigenvalue weighted by atomic mass is 9.94. The smallest absolute Gasteiger partial charge is 0.308 e. The van der Waals surface area contributed by atoms with Crippen LogP contribution in [0.2, 0.25) is 0 Å². The summed E-state index contributed by atoms with van der Waals surface area (Å²) in [5.41, 5.74) is 3.68. The van der Waals surface area contributed by atoms with Crippen molar-refractivity contribution in [2.24, 2.45) is 0 Å². The Labute approximate surface area is 204 Å². The molecular formula is C29H27NO5. The molecule has 35 heavy (non-hydrogen) atoms. The van der Waals surface area contributed by atoms with Gasteiger partial charge in [-0.1, -0.05) is 62.4 Å². The van der Waals surface area contributed by atoms with E-state index in [9.17, 15) is 19.5 Å². The predicted molar refractivity (Wildman–Crippen MR) is 134 cm³/mol. The summed E-state index contributed by atoms with van der Waals surface area (Å²) >= 11 is 0. The van der Waals surface area contributed by atoms with Crippen molar-refractivity contribution in [2.75, 3.05) is 4.90 Å². The summed E-state index contributed by atoms with van der Waals surface area (Å²) in [6.07, 6.45) is 1.67. The van der Waals surface area contributed by atoms with Crippen LogP contribution in [0.15, 0.2) is 78.4 Å². The molecule has 0 aromatic heterocycles. The van der Waals surface area contributed by atoms with Gasteiger partial charge in [-0.15, -0.1) is 0 Å². The average molecular weight is 470 g/mol. The van der Waals surface area contributed by atoms with E-state index in [-0.39, 0.29) is 17.1 Å². The van der Waals surface area contributed by atoms with Crippen LogP contribution in [0.4, 0.5) is 5.69 Å². The third kappa shape index (κ3) is 4.73. The van der Waals surface area contributed by atoms with Gasteiger partial charge in [0.05, 0.1) is 11.6 Å². The number of carbonyl (C=O) groups is 3. The first-order chi connectivity index (χ1) is 16.8. The molecule has 178 valence electrons. The third-order valence-corrected chi connectivity index (χ3v) is 6.14. The Morgan fingerprint density at radius 2 is 1.51 bits per heavy atom. The molecule has 1 saturated heterocycles. The summed E-state index contributed by atoms with van der Waals surface area (Å²) in [6, 6.07) is 20.4. The Bertz CT molecular complexity index is 1310. The zero-order chi connectivity index (χ0) is 25.1. The number of amides is 1. The maximum absolute atomic E-state index is 13.3. The van der Waals surface area contributed by atoms with Gasteiger partial charge in [-0.2, -0.15) is 0 Å². The highest BCUT2D eigenvalue weighted by Gasteiger charge is 2.47. The lowest BCUT2D eigenvalue weighted by Gasteiger charge is -2.26. The molecule has 1 amide bonds. The van der Waals surface area contributed by atoms with Crippen LogP contribution < -0.4 is 9.64 Å². The van der Waals surface area contributed by atoms with E-state index in [1.807, 2.05) is 38.1 Å². The van der Waals surface area contributed by atoms with Gasteiger partial charge in [-0.3, -0.25) is 19.3 Å². The average Bonchev–Trinajstić information content (AvgIpc) is 3.13. The van der Waals surface area contributed by atoms with Crippen LogP contribution in [0.1, 0.15) is 49.1 Å². The van der Waals surface area contributed by atoms with Gasteiger partial charge in [0.25, 0.3) is 11.7 Å². The highest BCUT2D eigenvalue weighted by molar-refractivity contribution is 6.51. The van der Waals surface area contributed by atoms with Crippen molar-refractivity contribution in [1.82, 2.24) is 0 Å². The summed E-state index contributed by atoms with van der Waals surface area (Å²) in [5, 5.41) is 11.3. The Kier molecular flexibility index (Phi) is 6.82. The molecule has 1 heterocycles. The van der Waals surface area contributed by atoms with Gasteiger partial charge in [0.1, 0.15) is 11.5 Å². The summed E-state index contributed by atoms with van der Waals surface area (Å²) in [5.74, 6) is -1.95. The zero-order valence-corrected chi connectivity index (χ0v) is 19.9. The number of hydrogen-bond acceptors (Lipinski definition) is 5. The number of rotatable bonds is 6. The van der Waals surface area contributed by atoms with E-state index >= 15 is 0 Å². The summed E-state index contributed by atoms with van der Waals surface area (Å²) in [6.45, 7) is 5.36. The number of ether oxygens (including phenoxy) is 1. The normalized spacial score (nSPS) is 17.0. The number of carbonyl (C=O) groups excluding carboxylic acids is 3. The Morgan fingerprint density at radius 1 is 0.914 bits per heavy atom. The number of esters is 1. The fourth-order valence-electron chi connectivity index (χ4n) is 4.27. The van der Waals surface area contributed by atoms with Crippen LogP contribution in [-0.2, 0) is 27.2 Å². The second kappa shape index (κ2) is 9.97. The topological polar surface area (TPSA) is 83.9 Å². The molecule has 3 aromatic rings. The molecule has 6 nitrogen and oxygen atoms in total.